The second-order valence-electron chi connectivity index (χ2n) is 5.59. The van der Waals surface area contributed by atoms with Crippen LogP contribution in [0, 0.1) is 25.7 Å². The van der Waals surface area contributed by atoms with Crippen LogP contribution in [0.4, 0.5) is 0 Å². The van der Waals surface area contributed by atoms with Crippen molar-refractivity contribution in [3.8, 4) is 0 Å². The van der Waals surface area contributed by atoms with Crippen molar-refractivity contribution in [2.75, 3.05) is 0 Å². The van der Waals surface area contributed by atoms with Gasteiger partial charge in [0.2, 0.25) is 0 Å². The molecule has 0 aromatic carbocycles. The molecule has 0 spiro atoms. The van der Waals surface area contributed by atoms with Crippen LogP contribution in [0.25, 0.3) is 0 Å². The van der Waals surface area contributed by atoms with Gasteiger partial charge in [-0.3, -0.25) is 9.48 Å². The van der Waals surface area contributed by atoms with Crippen molar-refractivity contribution in [1.82, 2.24) is 9.78 Å². The van der Waals surface area contributed by atoms with E-state index in [1.165, 1.54) is 19.3 Å². The molecule has 0 N–H and O–H groups in total. The number of aromatic nitrogens is 2. The van der Waals surface area contributed by atoms with Crippen molar-refractivity contribution in [3.63, 3.8) is 0 Å². The van der Waals surface area contributed by atoms with Crippen molar-refractivity contribution in [1.29, 1.82) is 0 Å². The Bertz CT molecular complexity index is 448. The van der Waals surface area contributed by atoms with E-state index in [0.717, 1.165) is 29.8 Å². The van der Waals surface area contributed by atoms with Crippen molar-refractivity contribution < 1.29 is 4.79 Å². The minimum Gasteiger partial charge on any atom is -0.294 e. The van der Waals surface area contributed by atoms with E-state index >= 15 is 0 Å². The van der Waals surface area contributed by atoms with E-state index in [-0.39, 0.29) is 5.92 Å². The van der Waals surface area contributed by atoms with E-state index in [4.69, 9.17) is 0 Å². The maximum absolute atomic E-state index is 12.8. The first kappa shape index (κ1) is 13.3. The molecule has 1 aliphatic rings. The summed E-state index contributed by atoms with van der Waals surface area (Å²) in [6.45, 7) is 6.15. The standard InChI is InChI=1S/C15H24N2O/c1-5-12-8-6-7-9-13(12)15(18)14-10(2)16-17(4)11(14)3/h12-13H,5-9H2,1-4H3. The lowest BCUT2D eigenvalue weighted by atomic mass is 9.74. The van der Waals surface area contributed by atoms with Crippen molar-refractivity contribution >= 4 is 5.78 Å². The minimum absolute atomic E-state index is 0.227. The topological polar surface area (TPSA) is 34.9 Å². The Balaban J connectivity index is 2.29. The SMILES string of the molecule is CCC1CCCCC1C(=O)c1c(C)nn(C)c1C. The Hall–Kier alpha value is -1.12. The van der Waals surface area contributed by atoms with Gasteiger partial charge in [0, 0.05) is 18.7 Å². The first-order valence-electron chi connectivity index (χ1n) is 7.10. The summed E-state index contributed by atoms with van der Waals surface area (Å²) in [7, 11) is 1.91. The number of Topliss-reactive ketones (excluding diaryl/α,β-unsaturated/α-hetero) is 1. The van der Waals surface area contributed by atoms with Crippen LogP contribution in [0.1, 0.15) is 60.8 Å². The summed E-state index contributed by atoms with van der Waals surface area (Å²) in [5.41, 5.74) is 2.78. The maximum Gasteiger partial charge on any atom is 0.169 e. The number of ketones is 1. The second-order valence-corrected chi connectivity index (χ2v) is 5.59. The van der Waals surface area contributed by atoms with Crippen LogP contribution in [0.15, 0.2) is 0 Å². The molecular weight excluding hydrogens is 224 g/mol. The van der Waals surface area contributed by atoms with Gasteiger partial charge in [-0.05, 0) is 32.6 Å². The fraction of sp³-hybridized carbons (Fsp3) is 0.733. The molecule has 1 aromatic rings. The third-order valence-corrected chi connectivity index (χ3v) is 4.53. The molecule has 18 heavy (non-hydrogen) atoms. The molecule has 0 radical (unpaired) electrons. The number of aryl methyl sites for hydroxylation is 2. The van der Waals surface area contributed by atoms with E-state index in [1.807, 2.05) is 25.6 Å². The van der Waals surface area contributed by atoms with Crippen molar-refractivity contribution in [2.45, 2.75) is 52.9 Å². The number of hydrogen-bond donors (Lipinski definition) is 0. The van der Waals surface area contributed by atoms with Crippen LogP contribution in [0.5, 0.6) is 0 Å². The first-order chi connectivity index (χ1) is 8.56. The Morgan fingerprint density at radius 3 is 2.56 bits per heavy atom. The van der Waals surface area contributed by atoms with E-state index in [0.29, 0.717) is 11.7 Å². The molecule has 3 heteroatoms. The Labute approximate surface area is 110 Å². The zero-order valence-electron chi connectivity index (χ0n) is 12.0. The second kappa shape index (κ2) is 5.25. The fourth-order valence-electron chi connectivity index (χ4n) is 3.36. The zero-order chi connectivity index (χ0) is 13.3. The highest BCUT2D eigenvalue weighted by molar-refractivity contribution is 6.00. The molecule has 100 valence electrons. The molecule has 0 bridgehead atoms. The maximum atomic E-state index is 12.8. The lowest BCUT2D eigenvalue weighted by Gasteiger charge is -2.29. The van der Waals surface area contributed by atoms with Crippen LogP contribution < -0.4 is 0 Å². The predicted octanol–water partition coefficient (Wildman–Crippen LogP) is 3.44. The van der Waals surface area contributed by atoms with Crippen LogP contribution in [-0.4, -0.2) is 15.6 Å². The Morgan fingerprint density at radius 1 is 1.33 bits per heavy atom. The summed E-state index contributed by atoms with van der Waals surface area (Å²) in [6, 6.07) is 0. The summed E-state index contributed by atoms with van der Waals surface area (Å²) in [6.07, 6.45) is 5.88. The average molecular weight is 248 g/mol. The fourth-order valence-corrected chi connectivity index (χ4v) is 3.36. The normalized spacial score (nSPS) is 24.2. The molecule has 1 saturated carbocycles. The summed E-state index contributed by atoms with van der Waals surface area (Å²) in [5, 5.41) is 4.37. The van der Waals surface area contributed by atoms with E-state index in [9.17, 15) is 4.79 Å². The highest BCUT2D eigenvalue weighted by Gasteiger charge is 2.32. The van der Waals surface area contributed by atoms with Gasteiger partial charge in [0.25, 0.3) is 0 Å². The van der Waals surface area contributed by atoms with Crippen LogP contribution >= 0.6 is 0 Å². The first-order valence-corrected chi connectivity index (χ1v) is 7.10. The summed E-state index contributed by atoms with van der Waals surface area (Å²) < 4.78 is 1.83. The molecule has 1 aliphatic carbocycles. The van der Waals surface area contributed by atoms with Crippen LogP contribution in [-0.2, 0) is 7.05 Å². The summed E-state index contributed by atoms with van der Waals surface area (Å²) in [5.74, 6) is 1.14. The van der Waals surface area contributed by atoms with Gasteiger partial charge in [-0.2, -0.15) is 5.10 Å². The molecule has 1 fully saturated rings. The lowest BCUT2D eigenvalue weighted by molar-refractivity contribution is 0.0819. The molecule has 0 aliphatic heterocycles. The molecule has 1 heterocycles. The number of nitrogens with zero attached hydrogens (tertiary/aromatic N) is 2. The van der Waals surface area contributed by atoms with Gasteiger partial charge < -0.3 is 0 Å². The third-order valence-electron chi connectivity index (χ3n) is 4.53. The van der Waals surface area contributed by atoms with Crippen molar-refractivity contribution in [3.05, 3.63) is 17.0 Å². The van der Waals surface area contributed by atoms with E-state index in [1.54, 1.807) is 0 Å². The van der Waals surface area contributed by atoms with Crippen molar-refractivity contribution in [2.24, 2.45) is 18.9 Å². The summed E-state index contributed by atoms with van der Waals surface area (Å²) >= 11 is 0. The zero-order valence-corrected chi connectivity index (χ0v) is 12.0. The van der Waals surface area contributed by atoms with Crippen LogP contribution in [0.3, 0.4) is 0 Å². The average Bonchev–Trinajstić information content (AvgIpc) is 2.62. The molecule has 3 nitrogen and oxygen atoms in total. The van der Waals surface area contributed by atoms with E-state index < -0.39 is 0 Å². The Kier molecular flexibility index (Phi) is 3.88. The number of carbonyl (C=O) groups excluding carboxylic acids is 1. The van der Waals surface area contributed by atoms with Gasteiger partial charge in [-0.15, -0.1) is 0 Å². The number of hydrogen-bond acceptors (Lipinski definition) is 2. The predicted molar refractivity (Wildman–Crippen MR) is 72.8 cm³/mol. The van der Waals surface area contributed by atoms with Gasteiger partial charge in [-0.25, -0.2) is 0 Å². The molecule has 1 aromatic heterocycles. The number of carbonyl (C=O) groups is 1. The lowest BCUT2D eigenvalue weighted by Crippen LogP contribution is -2.27. The van der Waals surface area contributed by atoms with Gasteiger partial charge in [-0.1, -0.05) is 26.2 Å². The minimum atomic E-state index is 0.227. The van der Waals surface area contributed by atoms with Gasteiger partial charge >= 0.3 is 0 Å². The molecule has 2 atom stereocenters. The Morgan fingerprint density at radius 2 is 2.00 bits per heavy atom. The summed E-state index contributed by atoms with van der Waals surface area (Å²) in [4.78, 5) is 12.8. The highest BCUT2D eigenvalue weighted by Crippen LogP contribution is 2.35. The number of rotatable bonds is 3. The third kappa shape index (κ3) is 2.23. The van der Waals surface area contributed by atoms with Crippen LogP contribution in [0.2, 0.25) is 0 Å². The largest absolute Gasteiger partial charge is 0.294 e. The smallest absolute Gasteiger partial charge is 0.169 e. The molecule has 0 saturated heterocycles. The quantitative estimate of drug-likeness (QED) is 0.768. The van der Waals surface area contributed by atoms with E-state index in [2.05, 4.69) is 12.0 Å². The van der Waals surface area contributed by atoms with Gasteiger partial charge in [0.1, 0.15) is 0 Å². The van der Waals surface area contributed by atoms with Gasteiger partial charge in [0.05, 0.1) is 11.3 Å². The highest BCUT2D eigenvalue weighted by atomic mass is 16.1. The molecular formula is C15H24N2O. The molecule has 0 amide bonds. The molecule has 2 unspecified atom stereocenters. The molecule has 2 rings (SSSR count). The van der Waals surface area contributed by atoms with Gasteiger partial charge in [0.15, 0.2) is 5.78 Å². The monoisotopic (exact) mass is 248 g/mol.